The summed E-state index contributed by atoms with van der Waals surface area (Å²) in [4.78, 5) is 21.7. The monoisotopic (exact) mass is 355 g/mol. The molecule has 0 saturated heterocycles. The number of hydrogen-bond acceptors (Lipinski definition) is 6. The van der Waals surface area contributed by atoms with Crippen molar-refractivity contribution in [1.29, 1.82) is 0 Å². The van der Waals surface area contributed by atoms with Gasteiger partial charge in [-0.2, -0.15) is 0 Å². The first-order valence-electron chi connectivity index (χ1n) is 8.50. The Morgan fingerprint density at radius 1 is 1.27 bits per heavy atom. The smallest absolute Gasteiger partial charge is 0.267 e. The number of rotatable bonds is 9. The van der Waals surface area contributed by atoms with Gasteiger partial charge in [-0.15, -0.1) is 0 Å². The minimum absolute atomic E-state index is 0.214. The van der Waals surface area contributed by atoms with E-state index in [1.807, 2.05) is 6.07 Å². The predicted molar refractivity (Wildman–Crippen MR) is 102 cm³/mol. The summed E-state index contributed by atoms with van der Waals surface area (Å²) in [6, 6.07) is 10.7. The average molecular weight is 355 g/mol. The fraction of sp³-hybridized carbons (Fsp3) is 0.316. The zero-order valence-corrected chi connectivity index (χ0v) is 15.1. The van der Waals surface area contributed by atoms with Crippen molar-refractivity contribution in [3.05, 3.63) is 60.1 Å². The molecule has 1 aromatic heterocycles. The van der Waals surface area contributed by atoms with Crippen LogP contribution < -0.4 is 10.8 Å². The lowest BCUT2D eigenvalue weighted by molar-refractivity contribution is -0.124. The number of carbonyl (C=O) groups is 1. The van der Waals surface area contributed by atoms with Crippen LogP contribution in [0.3, 0.4) is 0 Å². The molecule has 7 nitrogen and oxygen atoms in total. The van der Waals surface area contributed by atoms with Crippen LogP contribution in [-0.2, 0) is 11.2 Å². The molecule has 3 N–H and O–H groups in total. The van der Waals surface area contributed by atoms with Crippen LogP contribution in [0.2, 0.25) is 0 Å². The molecule has 2 aromatic rings. The summed E-state index contributed by atoms with van der Waals surface area (Å²) in [5, 5.41) is 11.7. The Labute approximate surface area is 153 Å². The number of hydroxylamine groups is 1. The van der Waals surface area contributed by atoms with E-state index in [4.69, 9.17) is 5.21 Å². The van der Waals surface area contributed by atoms with Gasteiger partial charge < -0.3 is 10.2 Å². The second-order valence-corrected chi connectivity index (χ2v) is 6.18. The summed E-state index contributed by atoms with van der Waals surface area (Å²) in [7, 11) is 2.10. The Balaban J connectivity index is 1.77. The standard InChI is InChI=1S/C19H25N5O2/c1-15(14-24(2)11-10-16-6-4-3-5-7-16)22-18-13-20-17(12-21-18)8-9-19(25)23-26/h3-9,12-13,15,26H,10-11,14H2,1-2H3,(H,21,22)(H,23,25)/b9-8+/t15-/m1/s1. The molecule has 0 fully saturated rings. The number of anilines is 1. The van der Waals surface area contributed by atoms with Gasteiger partial charge in [0.25, 0.3) is 5.91 Å². The molecule has 0 saturated carbocycles. The molecule has 7 heteroatoms. The lowest BCUT2D eigenvalue weighted by Gasteiger charge is -2.22. The van der Waals surface area contributed by atoms with Gasteiger partial charge in [0.2, 0.25) is 0 Å². The summed E-state index contributed by atoms with van der Waals surface area (Å²) < 4.78 is 0. The van der Waals surface area contributed by atoms with Crippen LogP contribution in [0, 0.1) is 0 Å². The largest absolute Gasteiger partial charge is 0.365 e. The molecule has 1 atom stereocenters. The molecule has 138 valence electrons. The maximum atomic E-state index is 10.9. The molecule has 0 aliphatic heterocycles. The molecule has 0 bridgehead atoms. The minimum Gasteiger partial charge on any atom is -0.365 e. The van der Waals surface area contributed by atoms with E-state index < -0.39 is 5.91 Å². The molecule has 0 spiro atoms. The molecule has 0 aliphatic carbocycles. The summed E-state index contributed by atoms with van der Waals surface area (Å²) in [5.74, 6) is 0.0684. The van der Waals surface area contributed by atoms with Gasteiger partial charge in [-0.05, 0) is 32.0 Å². The van der Waals surface area contributed by atoms with E-state index in [0.29, 0.717) is 11.5 Å². The van der Waals surface area contributed by atoms with Gasteiger partial charge in [0.15, 0.2) is 0 Å². The third-order valence-corrected chi connectivity index (χ3v) is 3.79. The van der Waals surface area contributed by atoms with E-state index in [-0.39, 0.29) is 6.04 Å². The van der Waals surface area contributed by atoms with Crippen molar-refractivity contribution < 1.29 is 10.0 Å². The normalized spacial score (nSPS) is 12.3. The first-order chi connectivity index (χ1) is 12.6. The average Bonchev–Trinajstić information content (AvgIpc) is 2.66. The van der Waals surface area contributed by atoms with Crippen molar-refractivity contribution in [3.8, 4) is 0 Å². The zero-order chi connectivity index (χ0) is 18.8. The maximum absolute atomic E-state index is 10.9. The number of benzene rings is 1. The fourth-order valence-corrected chi connectivity index (χ4v) is 2.52. The van der Waals surface area contributed by atoms with E-state index in [2.05, 4.69) is 58.4 Å². The van der Waals surface area contributed by atoms with Crippen LogP contribution in [0.4, 0.5) is 5.82 Å². The highest BCUT2D eigenvalue weighted by Gasteiger charge is 2.07. The molecule has 0 unspecified atom stereocenters. The Hall–Kier alpha value is -2.77. The number of amides is 1. The van der Waals surface area contributed by atoms with E-state index >= 15 is 0 Å². The van der Waals surface area contributed by atoms with Gasteiger partial charge >= 0.3 is 0 Å². The Morgan fingerprint density at radius 2 is 2.04 bits per heavy atom. The van der Waals surface area contributed by atoms with Crippen LogP contribution in [0.5, 0.6) is 0 Å². The summed E-state index contributed by atoms with van der Waals surface area (Å²) in [6.07, 6.45) is 6.86. The second-order valence-electron chi connectivity index (χ2n) is 6.18. The number of nitrogens with one attached hydrogen (secondary N) is 2. The van der Waals surface area contributed by atoms with Crippen molar-refractivity contribution in [2.24, 2.45) is 0 Å². The zero-order valence-electron chi connectivity index (χ0n) is 15.1. The SMILES string of the molecule is C[C@H](CN(C)CCc1ccccc1)Nc1cnc(/C=C/C(=O)NO)cn1. The molecule has 0 aliphatic rings. The topological polar surface area (TPSA) is 90.4 Å². The molecule has 2 rings (SSSR count). The molecular weight excluding hydrogens is 330 g/mol. The van der Waals surface area contributed by atoms with Gasteiger partial charge in [-0.1, -0.05) is 30.3 Å². The number of carbonyl (C=O) groups excluding carboxylic acids is 1. The van der Waals surface area contributed by atoms with Crippen LogP contribution in [0.15, 0.2) is 48.8 Å². The number of nitrogens with zero attached hydrogens (tertiary/aromatic N) is 3. The third kappa shape index (κ3) is 7.00. The van der Waals surface area contributed by atoms with Crippen LogP contribution in [0.25, 0.3) is 6.08 Å². The number of aromatic nitrogens is 2. The van der Waals surface area contributed by atoms with Gasteiger partial charge in [-0.3, -0.25) is 15.0 Å². The highest BCUT2D eigenvalue weighted by atomic mass is 16.5. The molecule has 1 aromatic carbocycles. The molecule has 0 radical (unpaired) electrons. The van der Waals surface area contributed by atoms with E-state index in [1.165, 1.54) is 23.2 Å². The first kappa shape index (κ1) is 19.6. The fourth-order valence-electron chi connectivity index (χ4n) is 2.52. The van der Waals surface area contributed by atoms with Crippen molar-refractivity contribution in [1.82, 2.24) is 20.3 Å². The summed E-state index contributed by atoms with van der Waals surface area (Å²) >= 11 is 0. The lowest BCUT2D eigenvalue weighted by atomic mass is 10.1. The first-order valence-corrected chi connectivity index (χ1v) is 8.50. The lowest BCUT2D eigenvalue weighted by Crippen LogP contribution is -2.33. The van der Waals surface area contributed by atoms with Gasteiger partial charge in [0.1, 0.15) is 5.82 Å². The van der Waals surface area contributed by atoms with Crippen molar-refractivity contribution >= 4 is 17.8 Å². The summed E-state index contributed by atoms with van der Waals surface area (Å²) in [5.41, 5.74) is 3.39. The van der Waals surface area contributed by atoms with Crippen molar-refractivity contribution in [3.63, 3.8) is 0 Å². The Morgan fingerprint density at radius 3 is 2.69 bits per heavy atom. The molecule has 1 heterocycles. The van der Waals surface area contributed by atoms with Crippen molar-refractivity contribution in [2.45, 2.75) is 19.4 Å². The van der Waals surface area contributed by atoms with Crippen molar-refractivity contribution in [2.75, 3.05) is 25.5 Å². The molecular formula is C19H25N5O2. The summed E-state index contributed by atoms with van der Waals surface area (Å²) in [6.45, 7) is 3.96. The maximum Gasteiger partial charge on any atom is 0.267 e. The van der Waals surface area contributed by atoms with Gasteiger partial charge in [-0.25, -0.2) is 10.5 Å². The molecule has 1 amide bonds. The Bertz CT molecular complexity index is 704. The highest BCUT2D eigenvalue weighted by Crippen LogP contribution is 2.06. The minimum atomic E-state index is -0.610. The Kier molecular flexibility index (Phi) is 7.73. The number of likely N-dealkylation sites (N-methyl/N-ethyl adjacent to an activating group) is 1. The second kappa shape index (κ2) is 10.3. The van der Waals surface area contributed by atoms with E-state index in [9.17, 15) is 4.79 Å². The van der Waals surface area contributed by atoms with E-state index in [1.54, 1.807) is 12.4 Å². The predicted octanol–water partition coefficient (Wildman–Crippen LogP) is 1.97. The highest BCUT2D eigenvalue weighted by molar-refractivity contribution is 5.90. The quantitative estimate of drug-likeness (QED) is 0.362. The van der Waals surface area contributed by atoms with Crippen LogP contribution in [-0.4, -0.2) is 52.2 Å². The van der Waals surface area contributed by atoms with E-state index in [0.717, 1.165) is 19.5 Å². The molecule has 26 heavy (non-hydrogen) atoms. The van der Waals surface area contributed by atoms with Gasteiger partial charge in [0, 0.05) is 25.2 Å². The van der Waals surface area contributed by atoms with Crippen LogP contribution >= 0.6 is 0 Å². The number of hydrogen-bond donors (Lipinski definition) is 3. The van der Waals surface area contributed by atoms with Gasteiger partial charge in [0.05, 0.1) is 18.1 Å². The third-order valence-electron chi connectivity index (χ3n) is 3.79. The van der Waals surface area contributed by atoms with Crippen LogP contribution in [0.1, 0.15) is 18.2 Å².